The average molecular weight is 445 g/mol. The zero-order chi connectivity index (χ0) is 22.3. The van der Waals surface area contributed by atoms with Crippen LogP contribution in [-0.2, 0) is 25.0 Å². The second-order valence-corrected chi connectivity index (χ2v) is 10.2. The number of carbonyl (C=O) groups is 1. The van der Waals surface area contributed by atoms with Gasteiger partial charge in [-0.2, -0.15) is 0 Å². The molecule has 6 nitrogen and oxygen atoms in total. The fraction of sp³-hybridized carbons (Fsp3) is 0.458. The highest BCUT2D eigenvalue weighted by molar-refractivity contribution is 7.92. The van der Waals surface area contributed by atoms with Gasteiger partial charge in [0.2, 0.25) is 15.9 Å². The number of amides is 1. The minimum Gasteiger partial charge on any atom is -0.381 e. The molecule has 2 aromatic carbocycles. The molecule has 1 N–H and O–H groups in total. The molecule has 1 fully saturated rings. The van der Waals surface area contributed by atoms with Crippen LogP contribution in [0.5, 0.6) is 0 Å². The third-order valence-corrected chi connectivity index (χ3v) is 7.14. The molecule has 0 unspecified atom stereocenters. The van der Waals surface area contributed by atoms with Crippen LogP contribution in [0.2, 0.25) is 0 Å². The Morgan fingerprint density at radius 3 is 2.32 bits per heavy atom. The van der Waals surface area contributed by atoms with Crippen LogP contribution in [0, 0.1) is 6.92 Å². The van der Waals surface area contributed by atoms with E-state index in [0.29, 0.717) is 31.9 Å². The zero-order valence-electron chi connectivity index (χ0n) is 18.3. The van der Waals surface area contributed by atoms with Crippen molar-refractivity contribution in [2.75, 3.05) is 36.9 Å². The van der Waals surface area contributed by atoms with Crippen molar-refractivity contribution in [3.05, 3.63) is 65.7 Å². The molecule has 2 aromatic rings. The summed E-state index contributed by atoms with van der Waals surface area (Å²) in [7, 11) is -3.42. The monoisotopic (exact) mass is 444 g/mol. The van der Waals surface area contributed by atoms with E-state index in [4.69, 9.17) is 4.74 Å². The summed E-state index contributed by atoms with van der Waals surface area (Å²) in [4.78, 5) is 12.6. The van der Waals surface area contributed by atoms with Crippen LogP contribution < -0.4 is 9.62 Å². The van der Waals surface area contributed by atoms with Crippen LogP contribution in [0.4, 0.5) is 5.69 Å². The molecule has 1 aliphatic rings. The highest BCUT2D eigenvalue weighted by atomic mass is 32.2. The van der Waals surface area contributed by atoms with Gasteiger partial charge >= 0.3 is 0 Å². The molecule has 3 rings (SSSR count). The van der Waals surface area contributed by atoms with E-state index in [1.165, 1.54) is 16.1 Å². The standard InChI is InChI=1S/C24H32N2O4S/c1-20-10-12-22(13-11-20)26(31(2,28)29)16-6-9-23(27)25-19-24(14-17-30-18-15-24)21-7-4-3-5-8-21/h3-5,7-8,10-13H,6,9,14-19H2,1-2H3,(H,25,27). The Labute approximate surface area is 185 Å². The summed E-state index contributed by atoms with van der Waals surface area (Å²) in [6.45, 7) is 4.16. The predicted octanol–water partition coefficient (Wildman–Crippen LogP) is 3.41. The second kappa shape index (κ2) is 10.3. The maximum absolute atomic E-state index is 12.6. The molecule has 7 heteroatoms. The molecular weight excluding hydrogens is 412 g/mol. The molecule has 0 aliphatic carbocycles. The first kappa shape index (κ1) is 23.3. The molecule has 1 heterocycles. The van der Waals surface area contributed by atoms with Crippen molar-refractivity contribution in [2.45, 2.75) is 38.0 Å². The van der Waals surface area contributed by atoms with Crippen LogP contribution in [0.1, 0.15) is 36.8 Å². The fourth-order valence-electron chi connectivity index (χ4n) is 4.06. The molecular formula is C24H32N2O4S. The summed E-state index contributed by atoms with van der Waals surface area (Å²) in [6, 6.07) is 17.6. The first-order valence-electron chi connectivity index (χ1n) is 10.7. The number of hydrogen-bond acceptors (Lipinski definition) is 4. The first-order chi connectivity index (χ1) is 14.8. The number of sulfonamides is 1. The molecule has 0 atom stereocenters. The minimum atomic E-state index is -3.42. The Hall–Kier alpha value is -2.38. The molecule has 0 aromatic heterocycles. The molecule has 31 heavy (non-hydrogen) atoms. The van der Waals surface area contributed by atoms with Crippen molar-refractivity contribution < 1.29 is 17.9 Å². The van der Waals surface area contributed by atoms with Crippen LogP contribution >= 0.6 is 0 Å². The molecule has 0 saturated carbocycles. The molecule has 168 valence electrons. The SMILES string of the molecule is Cc1ccc(N(CCCC(=O)NCC2(c3ccccc3)CCOCC2)S(C)(=O)=O)cc1. The summed E-state index contributed by atoms with van der Waals surface area (Å²) in [5, 5.41) is 3.09. The van der Waals surface area contributed by atoms with Crippen molar-refractivity contribution in [1.29, 1.82) is 0 Å². The van der Waals surface area contributed by atoms with Crippen LogP contribution in [-0.4, -0.2) is 46.9 Å². The summed E-state index contributed by atoms with van der Waals surface area (Å²) >= 11 is 0. The summed E-state index contributed by atoms with van der Waals surface area (Å²) < 4.78 is 31.4. The third-order valence-electron chi connectivity index (χ3n) is 5.95. The van der Waals surface area contributed by atoms with Gasteiger partial charge in [-0.1, -0.05) is 48.0 Å². The Kier molecular flexibility index (Phi) is 7.73. The minimum absolute atomic E-state index is 0.0563. The van der Waals surface area contributed by atoms with E-state index in [9.17, 15) is 13.2 Å². The molecule has 1 saturated heterocycles. The van der Waals surface area contributed by atoms with Gasteiger partial charge in [0, 0.05) is 38.1 Å². The Bertz CT molecular complexity index is 953. The molecule has 0 bridgehead atoms. The van der Waals surface area contributed by atoms with Gasteiger partial charge in [0.1, 0.15) is 0 Å². The lowest BCUT2D eigenvalue weighted by Crippen LogP contribution is -2.44. The van der Waals surface area contributed by atoms with Gasteiger partial charge in [0.25, 0.3) is 0 Å². The predicted molar refractivity (Wildman–Crippen MR) is 124 cm³/mol. The highest BCUT2D eigenvalue weighted by Gasteiger charge is 2.34. The molecule has 0 radical (unpaired) electrons. The number of benzene rings is 2. The lowest BCUT2D eigenvalue weighted by molar-refractivity contribution is -0.121. The molecule has 1 amide bonds. The van der Waals surface area contributed by atoms with Crippen molar-refractivity contribution in [3.8, 4) is 0 Å². The van der Waals surface area contributed by atoms with Crippen LogP contribution in [0.15, 0.2) is 54.6 Å². The Balaban J connectivity index is 1.57. The van der Waals surface area contributed by atoms with Crippen molar-refractivity contribution in [3.63, 3.8) is 0 Å². The van der Waals surface area contributed by atoms with Crippen LogP contribution in [0.3, 0.4) is 0 Å². The number of hydrogen-bond donors (Lipinski definition) is 1. The number of anilines is 1. The highest BCUT2D eigenvalue weighted by Crippen LogP contribution is 2.34. The van der Waals surface area contributed by atoms with Crippen LogP contribution in [0.25, 0.3) is 0 Å². The van der Waals surface area contributed by atoms with Gasteiger partial charge in [-0.05, 0) is 43.9 Å². The maximum Gasteiger partial charge on any atom is 0.232 e. The van der Waals surface area contributed by atoms with E-state index >= 15 is 0 Å². The van der Waals surface area contributed by atoms with Crippen molar-refractivity contribution in [1.82, 2.24) is 5.32 Å². The third kappa shape index (κ3) is 6.31. The number of ether oxygens (including phenoxy) is 1. The Morgan fingerprint density at radius 1 is 1.06 bits per heavy atom. The van der Waals surface area contributed by atoms with Gasteiger partial charge in [-0.3, -0.25) is 9.10 Å². The van der Waals surface area contributed by atoms with E-state index in [-0.39, 0.29) is 24.3 Å². The van der Waals surface area contributed by atoms with E-state index in [1.54, 1.807) is 12.1 Å². The quantitative estimate of drug-likeness (QED) is 0.643. The summed E-state index contributed by atoms with van der Waals surface area (Å²) in [5.41, 5.74) is 2.80. The number of aryl methyl sites for hydroxylation is 1. The van der Waals surface area contributed by atoms with Crippen molar-refractivity contribution >= 4 is 21.6 Å². The van der Waals surface area contributed by atoms with Gasteiger partial charge in [0.15, 0.2) is 0 Å². The van der Waals surface area contributed by atoms with Crippen molar-refractivity contribution in [2.24, 2.45) is 0 Å². The fourth-order valence-corrected chi connectivity index (χ4v) is 5.02. The van der Waals surface area contributed by atoms with E-state index in [2.05, 4.69) is 17.4 Å². The summed E-state index contributed by atoms with van der Waals surface area (Å²) in [5.74, 6) is -0.0563. The van der Waals surface area contributed by atoms with Gasteiger partial charge < -0.3 is 10.1 Å². The van der Waals surface area contributed by atoms with E-state index in [0.717, 1.165) is 18.4 Å². The maximum atomic E-state index is 12.6. The number of carbonyl (C=O) groups excluding carboxylic acids is 1. The number of nitrogens with zero attached hydrogens (tertiary/aromatic N) is 1. The van der Waals surface area contributed by atoms with E-state index < -0.39 is 10.0 Å². The lowest BCUT2D eigenvalue weighted by Gasteiger charge is -2.38. The van der Waals surface area contributed by atoms with E-state index in [1.807, 2.05) is 37.3 Å². The largest absolute Gasteiger partial charge is 0.381 e. The Morgan fingerprint density at radius 2 is 1.71 bits per heavy atom. The summed E-state index contributed by atoms with van der Waals surface area (Å²) in [6.07, 6.45) is 3.66. The molecule has 0 spiro atoms. The zero-order valence-corrected chi connectivity index (χ0v) is 19.2. The topological polar surface area (TPSA) is 75.7 Å². The van der Waals surface area contributed by atoms with Gasteiger partial charge in [-0.25, -0.2) is 8.42 Å². The first-order valence-corrected chi connectivity index (χ1v) is 12.6. The van der Waals surface area contributed by atoms with Gasteiger partial charge in [0.05, 0.1) is 11.9 Å². The van der Waals surface area contributed by atoms with Gasteiger partial charge in [-0.15, -0.1) is 0 Å². The normalized spacial score (nSPS) is 15.9. The number of rotatable bonds is 9. The number of nitrogens with one attached hydrogen (secondary N) is 1. The average Bonchev–Trinajstić information content (AvgIpc) is 2.77. The second-order valence-electron chi connectivity index (χ2n) is 8.31. The molecule has 1 aliphatic heterocycles. The lowest BCUT2D eigenvalue weighted by atomic mass is 9.74. The smallest absolute Gasteiger partial charge is 0.232 e.